The van der Waals surface area contributed by atoms with E-state index in [-0.39, 0.29) is 24.6 Å². The number of pyridine rings is 1. The first-order valence-corrected chi connectivity index (χ1v) is 7.16. The highest BCUT2D eigenvalue weighted by Crippen LogP contribution is 2.08. The lowest BCUT2D eigenvalue weighted by Gasteiger charge is -2.14. The topological polar surface area (TPSA) is 71.3 Å². The molecule has 0 saturated carbocycles. The molecule has 0 bridgehead atoms. The van der Waals surface area contributed by atoms with Crippen LogP contribution in [-0.4, -0.2) is 28.2 Å². The van der Waals surface area contributed by atoms with Crippen molar-refractivity contribution in [3.05, 3.63) is 69.6 Å². The first-order valence-electron chi connectivity index (χ1n) is 7.16. The minimum Gasteiger partial charge on any atom is -0.389 e. The normalized spacial score (nSPS) is 12.0. The Hall–Kier alpha value is -2.40. The second-order valence-corrected chi connectivity index (χ2v) is 5.43. The van der Waals surface area contributed by atoms with E-state index in [4.69, 9.17) is 0 Å². The molecule has 1 heterocycles. The molecule has 2 N–H and O–H groups in total. The van der Waals surface area contributed by atoms with Crippen LogP contribution in [-0.2, 0) is 6.54 Å². The van der Waals surface area contributed by atoms with E-state index in [9.17, 15) is 14.7 Å². The molecule has 0 aliphatic rings. The lowest BCUT2D eigenvalue weighted by molar-refractivity contribution is 0.0903. The van der Waals surface area contributed by atoms with Crippen LogP contribution in [0.15, 0.2) is 47.4 Å². The van der Waals surface area contributed by atoms with Gasteiger partial charge in [0.1, 0.15) is 0 Å². The zero-order valence-corrected chi connectivity index (χ0v) is 12.7. The fourth-order valence-corrected chi connectivity index (χ4v) is 2.32. The van der Waals surface area contributed by atoms with Crippen molar-refractivity contribution >= 4 is 5.91 Å². The molecule has 116 valence electrons. The molecule has 0 radical (unpaired) electrons. The molecular formula is C17H20N2O3. The zero-order chi connectivity index (χ0) is 16.1. The quantitative estimate of drug-likeness (QED) is 0.873. The highest BCUT2D eigenvalue weighted by atomic mass is 16.3. The lowest BCUT2D eigenvalue weighted by Crippen LogP contribution is -2.36. The number of aryl methyl sites for hydroxylation is 2. The molecule has 0 spiro atoms. The van der Waals surface area contributed by atoms with Gasteiger partial charge in [0.25, 0.3) is 11.5 Å². The molecule has 22 heavy (non-hydrogen) atoms. The summed E-state index contributed by atoms with van der Waals surface area (Å²) in [6, 6.07) is 10.4. The van der Waals surface area contributed by atoms with Gasteiger partial charge in [-0.15, -0.1) is 0 Å². The number of aliphatic hydroxyl groups is 1. The summed E-state index contributed by atoms with van der Waals surface area (Å²) in [5, 5.41) is 12.6. The minimum absolute atomic E-state index is 0.0904. The van der Waals surface area contributed by atoms with Crippen molar-refractivity contribution in [3.63, 3.8) is 0 Å². The second kappa shape index (κ2) is 7.04. The van der Waals surface area contributed by atoms with Gasteiger partial charge < -0.3 is 15.0 Å². The molecule has 2 rings (SSSR count). The Morgan fingerprint density at radius 3 is 2.55 bits per heavy atom. The van der Waals surface area contributed by atoms with E-state index < -0.39 is 6.10 Å². The van der Waals surface area contributed by atoms with E-state index in [0.29, 0.717) is 5.56 Å². The van der Waals surface area contributed by atoms with Crippen molar-refractivity contribution in [1.82, 2.24) is 9.88 Å². The molecule has 1 aromatic heterocycles. The third-order valence-corrected chi connectivity index (χ3v) is 3.29. The number of aliphatic hydroxyl groups excluding tert-OH is 1. The maximum atomic E-state index is 12.1. The number of benzene rings is 1. The molecule has 5 nitrogen and oxygen atoms in total. The summed E-state index contributed by atoms with van der Waals surface area (Å²) in [5.74, 6) is -0.230. The number of carbonyl (C=O) groups excluding carboxylic acids is 1. The molecule has 1 unspecified atom stereocenters. The molecule has 2 aromatic rings. The molecule has 1 amide bonds. The molecule has 1 aromatic carbocycles. The van der Waals surface area contributed by atoms with Gasteiger partial charge in [-0.3, -0.25) is 9.59 Å². The zero-order valence-electron chi connectivity index (χ0n) is 12.7. The van der Waals surface area contributed by atoms with E-state index in [2.05, 4.69) is 5.32 Å². The Kier molecular flexibility index (Phi) is 5.12. The van der Waals surface area contributed by atoms with E-state index in [1.54, 1.807) is 30.5 Å². The molecule has 1 atom stereocenters. The van der Waals surface area contributed by atoms with Crippen LogP contribution >= 0.6 is 0 Å². The summed E-state index contributed by atoms with van der Waals surface area (Å²) in [6.45, 7) is 4.10. The number of hydrogen-bond donors (Lipinski definition) is 2. The fraction of sp³-hybridized carbons (Fsp3) is 0.294. The number of rotatable bonds is 5. The van der Waals surface area contributed by atoms with Crippen LogP contribution in [0.2, 0.25) is 0 Å². The van der Waals surface area contributed by atoms with Gasteiger partial charge in [0.05, 0.1) is 12.6 Å². The van der Waals surface area contributed by atoms with Gasteiger partial charge in [-0.1, -0.05) is 23.3 Å². The Morgan fingerprint density at radius 2 is 1.91 bits per heavy atom. The number of nitrogens with zero attached hydrogens (tertiary/aromatic N) is 1. The molecule has 0 aliphatic heterocycles. The fourth-order valence-electron chi connectivity index (χ4n) is 2.32. The third kappa shape index (κ3) is 4.30. The average molecular weight is 300 g/mol. The van der Waals surface area contributed by atoms with Crippen LogP contribution in [0.1, 0.15) is 21.5 Å². The second-order valence-electron chi connectivity index (χ2n) is 5.43. The highest BCUT2D eigenvalue weighted by molar-refractivity contribution is 5.94. The van der Waals surface area contributed by atoms with Crippen molar-refractivity contribution in [2.24, 2.45) is 0 Å². The third-order valence-electron chi connectivity index (χ3n) is 3.29. The molecule has 0 aliphatic carbocycles. The summed E-state index contributed by atoms with van der Waals surface area (Å²) in [4.78, 5) is 23.6. The van der Waals surface area contributed by atoms with E-state index in [0.717, 1.165) is 11.1 Å². The Bertz CT molecular complexity index is 702. The SMILES string of the molecule is Cc1cc(C)cc(C(=O)NCC(O)Cn2ccccc2=O)c1. The predicted molar refractivity (Wildman–Crippen MR) is 85.0 cm³/mol. The van der Waals surface area contributed by atoms with Gasteiger partial charge in [-0.2, -0.15) is 0 Å². The van der Waals surface area contributed by atoms with Gasteiger partial charge in [0, 0.05) is 24.4 Å². The maximum absolute atomic E-state index is 12.1. The first-order chi connectivity index (χ1) is 10.5. The molecule has 5 heteroatoms. The predicted octanol–water partition coefficient (Wildman–Crippen LogP) is 1.26. The Morgan fingerprint density at radius 1 is 1.23 bits per heavy atom. The molecular weight excluding hydrogens is 280 g/mol. The van der Waals surface area contributed by atoms with Gasteiger partial charge in [0.2, 0.25) is 0 Å². The number of carbonyl (C=O) groups is 1. The summed E-state index contributed by atoms with van der Waals surface area (Å²) in [6.07, 6.45) is 0.784. The van der Waals surface area contributed by atoms with E-state index in [1.807, 2.05) is 19.9 Å². The van der Waals surface area contributed by atoms with Crippen LogP contribution in [0.3, 0.4) is 0 Å². The minimum atomic E-state index is -0.824. The summed E-state index contributed by atoms with van der Waals surface area (Å²) in [5.41, 5.74) is 2.42. The van der Waals surface area contributed by atoms with Crippen LogP contribution < -0.4 is 10.9 Å². The van der Waals surface area contributed by atoms with Crippen molar-refractivity contribution in [3.8, 4) is 0 Å². The van der Waals surface area contributed by atoms with Crippen molar-refractivity contribution < 1.29 is 9.90 Å². The Balaban J connectivity index is 1.93. The standard InChI is InChI=1S/C17H20N2O3/c1-12-7-13(2)9-14(8-12)17(22)18-10-15(20)11-19-6-4-3-5-16(19)21/h3-9,15,20H,10-11H2,1-2H3,(H,18,22). The number of hydrogen-bond acceptors (Lipinski definition) is 3. The van der Waals surface area contributed by atoms with Gasteiger partial charge in [0.15, 0.2) is 0 Å². The van der Waals surface area contributed by atoms with Crippen LogP contribution in [0, 0.1) is 13.8 Å². The number of nitrogens with one attached hydrogen (secondary N) is 1. The number of amides is 1. The van der Waals surface area contributed by atoms with Gasteiger partial charge in [-0.05, 0) is 32.0 Å². The first kappa shape index (κ1) is 16.0. The van der Waals surface area contributed by atoms with Crippen LogP contribution in [0.25, 0.3) is 0 Å². The van der Waals surface area contributed by atoms with Gasteiger partial charge in [-0.25, -0.2) is 0 Å². The van der Waals surface area contributed by atoms with Crippen molar-refractivity contribution in [2.45, 2.75) is 26.5 Å². The van der Waals surface area contributed by atoms with Crippen molar-refractivity contribution in [2.75, 3.05) is 6.54 Å². The van der Waals surface area contributed by atoms with Crippen LogP contribution in [0.4, 0.5) is 0 Å². The summed E-state index contributed by atoms with van der Waals surface area (Å²) >= 11 is 0. The van der Waals surface area contributed by atoms with Crippen molar-refractivity contribution in [1.29, 1.82) is 0 Å². The highest BCUT2D eigenvalue weighted by Gasteiger charge is 2.10. The molecule has 0 saturated heterocycles. The number of aromatic nitrogens is 1. The monoisotopic (exact) mass is 300 g/mol. The maximum Gasteiger partial charge on any atom is 0.251 e. The van der Waals surface area contributed by atoms with Crippen LogP contribution in [0.5, 0.6) is 0 Å². The average Bonchev–Trinajstić information content (AvgIpc) is 2.46. The smallest absolute Gasteiger partial charge is 0.251 e. The van der Waals surface area contributed by atoms with E-state index in [1.165, 1.54) is 10.6 Å². The Labute approximate surface area is 129 Å². The largest absolute Gasteiger partial charge is 0.389 e. The molecule has 0 fully saturated rings. The summed E-state index contributed by atoms with van der Waals surface area (Å²) < 4.78 is 1.41. The lowest BCUT2D eigenvalue weighted by atomic mass is 10.1. The van der Waals surface area contributed by atoms with Gasteiger partial charge >= 0.3 is 0 Å². The van der Waals surface area contributed by atoms with E-state index >= 15 is 0 Å². The summed E-state index contributed by atoms with van der Waals surface area (Å²) in [7, 11) is 0.